The zero-order valence-corrected chi connectivity index (χ0v) is 10.9. The van der Waals surface area contributed by atoms with Crippen LogP contribution in [0, 0.1) is 0 Å². The van der Waals surface area contributed by atoms with Gasteiger partial charge in [-0.2, -0.15) is 15.1 Å². The summed E-state index contributed by atoms with van der Waals surface area (Å²) in [6, 6.07) is 0.349. The van der Waals surface area contributed by atoms with Crippen molar-refractivity contribution in [1.82, 2.24) is 24.7 Å². The van der Waals surface area contributed by atoms with Crippen molar-refractivity contribution in [2.24, 2.45) is 7.05 Å². The van der Waals surface area contributed by atoms with Gasteiger partial charge in [0.05, 0.1) is 20.4 Å². The fourth-order valence-corrected chi connectivity index (χ4v) is 1.40. The molecule has 0 saturated heterocycles. The number of nitrogens with one attached hydrogen (secondary N) is 1. The summed E-state index contributed by atoms with van der Waals surface area (Å²) in [4.78, 5) is 12.0. The quantitative estimate of drug-likeness (QED) is 0.765. The Bertz CT molecular complexity index is 547. The Hall–Kier alpha value is -2.58. The molecule has 0 unspecified atom stereocenters. The van der Waals surface area contributed by atoms with E-state index in [2.05, 4.69) is 25.4 Å². The van der Waals surface area contributed by atoms with Crippen molar-refractivity contribution in [3.8, 4) is 12.0 Å². The van der Waals surface area contributed by atoms with Gasteiger partial charge in [-0.25, -0.2) is 0 Å². The van der Waals surface area contributed by atoms with E-state index < -0.39 is 0 Å². The summed E-state index contributed by atoms with van der Waals surface area (Å²) < 4.78 is 11.5. The number of rotatable bonds is 5. The molecule has 0 spiro atoms. The number of nitrogens with two attached hydrogens (primary N) is 1. The molecule has 0 aliphatic rings. The minimum Gasteiger partial charge on any atom is -0.467 e. The van der Waals surface area contributed by atoms with E-state index in [-0.39, 0.29) is 12.0 Å². The molecule has 0 fully saturated rings. The molecule has 0 atom stereocenters. The molecule has 0 radical (unpaired) electrons. The Morgan fingerprint density at radius 1 is 1.21 bits per heavy atom. The van der Waals surface area contributed by atoms with Gasteiger partial charge >= 0.3 is 12.0 Å². The molecule has 9 nitrogen and oxygen atoms in total. The van der Waals surface area contributed by atoms with Gasteiger partial charge in [0.15, 0.2) is 0 Å². The summed E-state index contributed by atoms with van der Waals surface area (Å²) in [5.74, 6) is 0.924. The first-order chi connectivity index (χ1) is 9.13. The number of hydrogen-bond acceptors (Lipinski definition) is 8. The fourth-order valence-electron chi connectivity index (χ4n) is 1.40. The largest absolute Gasteiger partial charge is 0.467 e. The van der Waals surface area contributed by atoms with Crippen LogP contribution in [-0.2, 0) is 13.6 Å². The standard InChI is InChI=1S/C10H15N7O2/c1-17-7(11)6(5-13-17)4-12-8-14-9(18-2)16-10(15-8)19-3/h5H,4,11H2,1-3H3,(H,12,14,15,16). The predicted octanol–water partition coefficient (Wildman–Crippen LogP) is -0.183. The van der Waals surface area contributed by atoms with E-state index in [9.17, 15) is 0 Å². The zero-order valence-electron chi connectivity index (χ0n) is 10.9. The van der Waals surface area contributed by atoms with Gasteiger partial charge in [0.1, 0.15) is 5.82 Å². The summed E-state index contributed by atoms with van der Waals surface area (Å²) in [7, 11) is 4.71. The SMILES string of the molecule is COc1nc(NCc2cnn(C)c2N)nc(OC)n1. The van der Waals surface area contributed by atoms with Crippen molar-refractivity contribution < 1.29 is 9.47 Å². The summed E-state index contributed by atoms with van der Waals surface area (Å²) in [6.45, 7) is 0.440. The predicted molar refractivity (Wildman–Crippen MR) is 67.9 cm³/mol. The van der Waals surface area contributed by atoms with Gasteiger partial charge in [0, 0.05) is 19.2 Å². The molecule has 19 heavy (non-hydrogen) atoms. The van der Waals surface area contributed by atoms with Crippen molar-refractivity contribution in [3.63, 3.8) is 0 Å². The van der Waals surface area contributed by atoms with E-state index in [1.54, 1.807) is 17.9 Å². The van der Waals surface area contributed by atoms with Crippen molar-refractivity contribution in [1.29, 1.82) is 0 Å². The topological polar surface area (TPSA) is 113 Å². The van der Waals surface area contributed by atoms with Crippen LogP contribution in [-0.4, -0.2) is 39.0 Å². The molecule has 2 heterocycles. The van der Waals surface area contributed by atoms with Gasteiger partial charge in [-0.1, -0.05) is 0 Å². The Labute approximate surface area is 109 Å². The summed E-state index contributed by atoms with van der Waals surface area (Å²) in [5, 5.41) is 7.05. The van der Waals surface area contributed by atoms with Crippen molar-refractivity contribution in [3.05, 3.63) is 11.8 Å². The van der Waals surface area contributed by atoms with Crippen LogP contribution in [0.15, 0.2) is 6.20 Å². The van der Waals surface area contributed by atoms with E-state index in [0.717, 1.165) is 5.56 Å². The van der Waals surface area contributed by atoms with Crippen LogP contribution in [0.25, 0.3) is 0 Å². The molecular weight excluding hydrogens is 250 g/mol. The summed E-state index contributed by atoms with van der Waals surface area (Å²) in [5.41, 5.74) is 6.68. The molecular formula is C10H15N7O2. The molecule has 9 heteroatoms. The third-order valence-corrected chi connectivity index (χ3v) is 2.46. The number of ether oxygens (including phenoxy) is 2. The molecule has 102 valence electrons. The minimum absolute atomic E-state index is 0.175. The first-order valence-corrected chi connectivity index (χ1v) is 5.48. The maximum Gasteiger partial charge on any atom is 0.324 e. The van der Waals surface area contributed by atoms with Crippen LogP contribution >= 0.6 is 0 Å². The monoisotopic (exact) mass is 265 g/mol. The maximum atomic E-state index is 5.84. The summed E-state index contributed by atoms with van der Waals surface area (Å²) in [6.07, 6.45) is 1.68. The number of aromatic nitrogens is 5. The summed E-state index contributed by atoms with van der Waals surface area (Å²) >= 11 is 0. The number of anilines is 2. The van der Waals surface area contributed by atoms with Crippen LogP contribution in [0.4, 0.5) is 11.8 Å². The van der Waals surface area contributed by atoms with Gasteiger partial charge in [-0.05, 0) is 0 Å². The highest BCUT2D eigenvalue weighted by Crippen LogP contribution is 2.14. The second-order valence-electron chi connectivity index (χ2n) is 3.66. The van der Waals surface area contributed by atoms with Gasteiger partial charge in [-0.15, -0.1) is 4.98 Å². The number of aryl methyl sites for hydroxylation is 1. The lowest BCUT2D eigenvalue weighted by molar-refractivity contribution is 0.341. The first kappa shape index (κ1) is 12.9. The zero-order chi connectivity index (χ0) is 13.8. The van der Waals surface area contributed by atoms with E-state index in [1.807, 2.05) is 0 Å². The highest BCUT2D eigenvalue weighted by Gasteiger charge is 2.09. The minimum atomic E-state index is 0.175. The normalized spacial score (nSPS) is 10.3. The molecule has 2 aromatic rings. The molecule has 0 bridgehead atoms. The Kier molecular flexibility index (Phi) is 3.64. The smallest absolute Gasteiger partial charge is 0.324 e. The van der Waals surface area contributed by atoms with Crippen LogP contribution < -0.4 is 20.5 Å². The van der Waals surface area contributed by atoms with Crippen molar-refractivity contribution in [2.75, 3.05) is 25.3 Å². The third kappa shape index (κ3) is 2.81. The first-order valence-electron chi connectivity index (χ1n) is 5.48. The van der Waals surface area contributed by atoms with Crippen molar-refractivity contribution in [2.45, 2.75) is 6.54 Å². The van der Waals surface area contributed by atoms with Crippen LogP contribution in [0.1, 0.15) is 5.56 Å². The Balaban J connectivity index is 2.12. The van der Waals surface area contributed by atoms with Crippen molar-refractivity contribution >= 4 is 11.8 Å². The number of nitrogens with zero attached hydrogens (tertiary/aromatic N) is 5. The average molecular weight is 265 g/mol. The lowest BCUT2D eigenvalue weighted by atomic mass is 10.3. The maximum absolute atomic E-state index is 5.84. The van der Waals surface area contributed by atoms with Gasteiger partial charge in [-0.3, -0.25) is 4.68 Å². The van der Waals surface area contributed by atoms with E-state index in [0.29, 0.717) is 18.3 Å². The second-order valence-corrected chi connectivity index (χ2v) is 3.66. The number of hydrogen-bond donors (Lipinski definition) is 2. The molecule has 0 amide bonds. The van der Waals surface area contributed by atoms with Crippen LogP contribution in [0.3, 0.4) is 0 Å². The molecule has 0 saturated carbocycles. The van der Waals surface area contributed by atoms with E-state index in [1.165, 1.54) is 14.2 Å². The Morgan fingerprint density at radius 2 is 1.84 bits per heavy atom. The molecule has 2 rings (SSSR count). The Morgan fingerprint density at radius 3 is 2.32 bits per heavy atom. The highest BCUT2D eigenvalue weighted by molar-refractivity contribution is 5.41. The highest BCUT2D eigenvalue weighted by atomic mass is 16.5. The molecule has 3 N–H and O–H groups in total. The van der Waals surface area contributed by atoms with E-state index >= 15 is 0 Å². The third-order valence-electron chi connectivity index (χ3n) is 2.46. The molecule has 0 aromatic carbocycles. The van der Waals surface area contributed by atoms with Crippen LogP contribution in [0.2, 0.25) is 0 Å². The second kappa shape index (κ2) is 5.38. The average Bonchev–Trinajstić information content (AvgIpc) is 2.76. The van der Waals surface area contributed by atoms with E-state index in [4.69, 9.17) is 15.2 Å². The van der Waals surface area contributed by atoms with Gasteiger partial charge < -0.3 is 20.5 Å². The van der Waals surface area contributed by atoms with Gasteiger partial charge in [0.2, 0.25) is 5.95 Å². The molecule has 2 aromatic heterocycles. The number of methoxy groups -OCH3 is 2. The number of nitrogen functional groups attached to an aromatic ring is 1. The van der Waals surface area contributed by atoms with Gasteiger partial charge in [0.25, 0.3) is 0 Å². The van der Waals surface area contributed by atoms with Crippen LogP contribution in [0.5, 0.6) is 12.0 Å². The molecule has 0 aliphatic heterocycles. The lowest BCUT2D eigenvalue weighted by Crippen LogP contribution is -2.08. The fraction of sp³-hybridized carbons (Fsp3) is 0.400. The lowest BCUT2D eigenvalue weighted by Gasteiger charge is -2.07. The molecule has 0 aliphatic carbocycles.